The van der Waals surface area contributed by atoms with Crippen LogP contribution in [0.2, 0.25) is 0 Å². The molecule has 0 fully saturated rings. The van der Waals surface area contributed by atoms with Crippen molar-refractivity contribution < 1.29 is 4.39 Å². The minimum Gasteiger partial charge on any atom is -0.396 e. The van der Waals surface area contributed by atoms with Crippen molar-refractivity contribution in [2.45, 2.75) is 26.3 Å². The second kappa shape index (κ2) is 4.53. The molecule has 2 heterocycles. The summed E-state index contributed by atoms with van der Waals surface area (Å²) in [6, 6.07) is 3.21. The molecule has 90 valence electrons. The van der Waals surface area contributed by atoms with E-state index in [2.05, 4.69) is 23.9 Å². The lowest BCUT2D eigenvalue weighted by atomic mass is 10.2. The fourth-order valence-corrected chi connectivity index (χ4v) is 1.53. The predicted molar refractivity (Wildman–Crippen MR) is 64.8 cm³/mol. The molecule has 17 heavy (non-hydrogen) atoms. The summed E-state index contributed by atoms with van der Waals surface area (Å²) in [5.74, 6) is -0.367. The molecule has 0 aliphatic rings. The van der Waals surface area contributed by atoms with E-state index in [0.29, 0.717) is 17.1 Å². The Kier molecular flexibility index (Phi) is 3.08. The van der Waals surface area contributed by atoms with E-state index in [1.54, 1.807) is 12.3 Å². The first-order valence-corrected chi connectivity index (χ1v) is 5.58. The van der Waals surface area contributed by atoms with Gasteiger partial charge in [0, 0.05) is 12.2 Å². The molecule has 0 aromatic carbocycles. The quantitative estimate of drug-likeness (QED) is 0.888. The molecule has 0 bridgehead atoms. The number of hydrogen-bond acceptors (Lipinski definition) is 3. The number of pyridine rings is 1. The first-order chi connectivity index (χ1) is 8.11. The van der Waals surface area contributed by atoms with Crippen molar-refractivity contribution >= 4 is 5.69 Å². The second-order valence-electron chi connectivity index (χ2n) is 4.03. The molecule has 0 radical (unpaired) electrons. The lowest BCUT2D eigenvalue weighted by Gasteiger charge is -2.07. The molecule has 2 aromatic heterocycles. The molecule has 0 aliphatic carbocycles. The van der Waals surface area contributed by atoms with E-state index in [1.165, 1.54) is 6.07 Å². The normalized spacial score (nSPS) is 12.6. The summed E-state index contributed by atoms with van der Waals surface area (Å²) in [5, 5.41) is 4.39. The Bertz CT molecular complexity index is 504. The van der Waals surface area contributed by atoms with Gasteiger partial charge in [-0.25, -0.2) is 4.39 Å². The highest BCUT2D eigenvalue weighted by molar-refractivity contribution is 5.68. The molecule has 0 aliphatic heterocycles. The van der Waals surface area contributed by atoms with Crippen molar-refractivity contribution in [2.24, 2.45) is 0 Å². The minimum absolute atomic E-state index is 0.284. The fraction of sp³-hybridized carbons (Fsp3) is 0.333. The van der Waals surface area contributed by atoms with Gasteiger partial charge in [-0.3, -0.25) is 9.67 Å². The van der Waals surface area contributed by atoms with E-state index in [9.17, 15) is 4.39 Å². The van der Waals surface area contributed by atoms with Gasteiger partial charge in [-0.15, -0.1) is 0 Å². The highest BCUT2D eigenvalue weighted by Gasteiger charge is 2.12. The maximum atomic E-state index is 12.8. The van der Waals surface area contributed by atoms with Gasteiger partial charge in [0.2, 0.25) is 0 Å². The molecule has 2 rings (SSSR count). The van der Waals surface area contributed by atoms with Gasteiger partial charge in [0.1, 0.15) is 11.5 Å². The van der Waals surface area contributed by atoms with Gasteiger partial charge in [0.25, 0.3) is 0 Å². The number of nitrogens with two attached hydrogens (primary N) is 1. The number of nitrogen functional groups attached to an aromatic ring is 1. The van der Waals surface area contributed by atoms with Crippen LogP contribution in [0.25, 0.3) is 11.4 Å². The van der Waals surface area contributed by atoms with Crippen LogP contribution in [0.15, 0.2) is 24.5 Å². The monoisotopic (exact) mass is 234 g/mol. The third kappa shape index (κ3) is 2.27. The van der Waals surface area contributed by atoms with Crippen molar-refractivity contribution in [1.29, 1.82) is 0 Å². The fourth-order valence-electron chi connectivity index (χ4n) is 1.53. The van der Waals surface area contributed by atoms with Crippen molar-refractivity contribution in [3.63, 3.8) is 0 Å². The Morgan fingerprint density at radius 3 is 2.82 bits per heavy atom. The molecule has 0 amide bonds. The molecule has 0 saturated carbocycles. The maximum Gasteiger partial charge on any atom is 0.141 e. The third-order valence-electron chi connectivity index (χ3n) is 2.77. The molecule has 0 saturated heterocycles. The van der Waals surface area contributed by atoms with E-state index in [-0.39, 0.29) is 11.9 Å². The highest BCUT2D eigenvalue weighted by Crippen LogP contribution is 2.24. The first-order valence-electron chi connectivity index (χ1n) is 5.58. The van der Waals surface area contributed by atoms with E-state index in [1.807, 2.05) is 4.68 Å². The van der Waals surface area contributed by atoms with Gasteiger partial charge in [-0.1, -0.05) is 6.92 Å². The zero-order valence-electron chi connectivity index (χ0n) is 9.89. The minimum atomic E-state index is -0.367. The summed E-state index contributed by atoms with van der Waals surface area (Å²) >= 11 is 0. The van der Waals surface area contributed by atoms with Crippen LogP contribution >= 0.6 is 0 Å². The van der Waals surface area contributed by atoms with E-state index >= 15 is 0 Å². The van der Waals surface area contributed by atoms with Crippen molar-refractivity contribution in [3.8, 4) is 11.4 Å². The van der Waals surface area contributed by atoms with Crippen LogP contribution in [0.5, 0.6) is 0 Å². The van der Waals surface area contributed by atoms with E-state index in [4.69, 9.17) is 5.73 Å². The van der Waals surface area contributed by atoms with Crippen LogP contribution in [0.4, 0.5) is 10.1 Å². The summed E-state index contributed by atoms with van der Waals surface area (Å²) in [4.78, 5) is 3.98. The molecule has 2 aromatic rings. The smallest absolute Gasteiger partial charge is 0.141 e. The topological polar surface area (TPSA) is 56.7 Å². The summed E-state index contributed by atoms with van der Waals surface area (Å²) in [5.41, 5.74) is 7.64. The van der Waals surface area contributed by atoms with Gasteiger partial charge >= 0.3 is 0 Å². The molecule has 2 N–H and O–H groups in total. The summed E-state index contributed by atoms with van der Waals surface area (Å²) in [6.45, 7) is 4.15. The second-order valence-corrected chi connectivity index (χ2v) is 4.03. The average molecular weight is 234 g/mol. The van der Waals surface area contributed by atoms with Gasteiger partial charge in [-0.2, -0.15) is 5.10 Å². The number of nitrogens with zero attached hydrogens (tertiary/aromatic N) is 3. The average Bonchev–Trinajstić information content (AvgIpc) is 2.71. The zero-order valence-corrected chi connectivity index (χ0v) is 9.89. The Labute approximate surface area is 99.3 Å². The molecule has 4 nitrogen and oxygen atoms in total. The molecule has 0 spiro atoms. The Balaban J connectivity index is 2.39. The van der Waals surface area contributed by atoms with Crippen LogP contribution in [-0.4, -0.2) is 14.8 Å². The Hall–Kier alpha value is -1.91. The largest absolute Gasteiger partial charge is 0.396 e. The SMILES string of the molecule is CCC(C)n1cc(N)c(-c2ccc(F)cn2)n1. The van der Waals surface area contributed by atoms with E-state index < -0.39 is 0 Å². The number of rotatable bonds is 3. The lowest BCUT2D eigenvalue weighted by Crippen LogP contribution is -2.04. The van der Waals surface area contributed by atoms with Gasteiger partial charge in [0.15, 0.2) is 0 Å². The number of halogens is 1. The lowest BCUT2D eigenvalue weighted by molar-refractivity contribution is 0.479. The van der Waals surface area contributed by atoms with Gasteiger partial charge in [0.05, 0.1) is 17.6 Å². The molecule has 1 unspecified atom stereocenters. The standard InChI is InChI=1S/C12H15FN4/c1-3-8(2)17-7-10(14)12(16-17)11-5-4-9(13)6-15-11/h4-8H,3,14H2,1-2H3. The Morgan fingerprint density at radius 1 is 1.47 bits per heavy atom. The van der Waals surface area contributed by atoms with Crippen LogP contribution in [0.1, 0.15) is 26.3 Å². The number of anilines is 1. The third-order valence-corrected chi connectivity index (χ3v) is 2.77. The highest BCUT2D eigenvalue weighted by atomic mass is 19.1. The summed E-state index contributed by atoms with van der Waals surface area (Å²) in [6.07, 6.45) is 3.92. The molecular formula is C12H15FN4. The predicted octanol–water partition coefficient (Wildman–Crippen LogP) is 2.64. The zero-order chi connectivity index (χ0) is 12.4. The number of hydrogen-bond donors (Lipinski definition) is 1. The van der Waals surface area contributed by atoms with Gasteiger partial charge in [-0.05, 0) is 25.5 Å². The van der Waals surface area contributed by atoms with Crippen molar-refractivity contribution in [1.82, 2.24) is 14.8 Å². The van der Waals surface area contributed by atoms with Crippen molar-refractivity contribution in [3.05, 3.63) is 30.3 Å². The summed E-state index contributed by atoms with van der Waals surface area (Å²) < 4.78 is 14.6. The van der Waals surface area contributed by atoms with Crippen molar-refractivity contribution in [2.75, 3.05) is 5.73 Å². The molecule has 1 atom stereocenters. The Morgan fingerprint density at radius 2 is 2.24 bits per heavy atom. The van der Waals surface area contributed by atoms with Crippen LogP contribution in [0.3, 0.4) is 0 Å². The number of aromatic nitrogens is 3. The molecular weight excluding hydrogens is 219 g/mol. The maximum absolute atomic E-state index is 12.8. The van der Waals surface area contributed by atoms with Gasteiger partial charge < -0.3 is 5.73 Å². The first kappa shape index (κ1) is 11.6. The van der Waals surface area contributed by atoms with E-state index in [0.717, 1.165) is 12.6 Å². The van der Waals surface area contributed by atoms with Crippen LogP contribution in [-0.2, 0) is 0 Å². The molecule has 5 heteroatoms. The van der Waals surface area contributed by atoms with Crippen LogP contribution in [0, 0.1) is 5.82 Å². The van der Waals surface area contributed by atoms with Crippen LogP contribution < -0.4 is 5.73 Å². The summed E-state index contributed by atoms with van der Waals surface area (Å²) in [7, 11) is 0.